The first-order valence-corrected chi connectivity index (χ1v) is 6.39. The Labute approximate surface area is 122 Å². The second-order valence-electron chi connectivity index (χ2n) is 4.39. The van der Waals surface area contributed by atoms with Gasteiger partial charge >= 0.3 is 5.97 Å². The number of carbonyl (C=O) groups excluding carboxylic acids is 2. The molecule has 1 atom stereocenters. The van der Waals surface area contributed by atoms with Crippen molar-refractivity contribution in [1.82, 2.24) is 0 Å². The molecule has 2 aromatic rings. The minimum absolute atomic E-state index is 0.323. The monoisotopic (exact) mass is 285 g/mol. The van der Waals surface area contributed by atoms with E-state index in [0.717, 1.165) is 0 Å². The van der Waals surface area contributed by atoms with Crippen molar-refractivity contribution < 1.29 is 19.1 Å². The van der Waals surface area contributed by atoms with Gasteiger partial charge in [-0.05, 0) is 43.3 Å². The third kappa shape index (κ3) is 4.07. The van der Waals surface area contributed by atoms with Crippen molar-refractivity contribution in [2.45, 2.75) is 13.0 Å². The van der Waals surface area contributed by atoms with E-state index in [-0.39, 0.29) is 0 Å². The number of benzene rings is 2. The minimum atomic E-state index is -0.960. The smallest absolute Gasteiger partial charge is 0.338 e. The van der Waals surface area contributed by atoms with Gasteiger partial charge in [-0.25, -0.2) is 4.79 Å². The molecule has 108 valence electrons. The number of carbonyl (C=O) groups is 2. The number of primary amides is 1. The summed E-state index contributed by atoms with van der Waals surface area (Å²) in [4.78, 5) is 22.6. The average Bonchev–Trinajstić information content (AvgIpc) is 2.48. The van der Waals surface area contributed by atoms with E-state index in [1.165, 1.54) is 6.92 Å². The van der Waals surface area contributed by atoms with Crippen molar-refractivity contribution >= 4 is 11.9 Å². The first-order chi connectivity index (χ1) is 10.1. The summed E-state index contributed by atoms with van der Waals surface area (Å²) < 4.78 is 10.5. The van der Waals surface area contributed by atoms with Crippen LogP contribution in [0.15, 0.2) is 54.6 Å². The molecule has 2 rings (SSSR count). The quantitative estimate of drug-likeness (QED) is 0.856. The van der Waals surface area contributed by atoms with Gasteiger partial charge in [0.05, 0.1) is 5.56 Å². The van der Waals surface area contributed by atoms with Crippen LogP contribution in [0, 0.1) is 0 Å². The first-order valence-electron chi connectivity index (χ1n) is 6.39. The fourth-order valence-corrected chi connectivity index (χ4v) is 1.57. The van der Waals surface area contributed by atoms with Crippen LogP contribution in [-0.2, 0) is 9.53 Å². The predicted octanol–water partition coefficient (Wildman–Crippen LogP) is 2.51. The predicted molar refractivity (Wildman–Crippen MR) is 77.0 cm³/mol. The highest BCUT2D eigenvalue weighted by Gasteiger charge is 2.16. The van der Waals surface area contributed by atoms with Gasteiger partial charge in [0, 0.05) is 0 Å². The number of hydrogen-bond acceptors (Lipinski definition) is 4. The lowest BCUT2D eigenvalue weighted by Crippen LogP contribution is -2.30. The Kier molecular flexibility index (Phi) is 4.56. The number of para-hydroxylation sites is 1. The van der Waals surface area contributed by atoms with Crippen LogP contribution in [0.2, 0.25) is 0 Å². The van der Waals surface area contributed by atoms with E-state index in [2.05, 4.69) is 0 Å². The zero-order valence-electron chi connectivity index (χ0n) is 11.5. The molecule has 1 amide bonds. The van der Waals surface area contributed by atoms with Gasteiger partial charge in [0.2, 0.25) is 0 Å². The third-order valence-corrected chi connectivity index (χ3v) is 2.75. The van der Waals surface area contributed by atoms with Crippen molar-refractivity contribution in [3.8, 4) is 11.5 Å². The lowest BCUT2D eigenvalue weighted by Gasteiger charge is -2.10. The molecule has 0 heterocycles. The molecule has 2 N–H and O–H groups in total. The lowest BCUT2D eigenvalue weighted by molar-refractivity contribution is -0.125. The van der Waals surface area contributed by atoms with Crippen LogP contribution in [0.5, 0.6) is 11.5 Å². The number of nitrogens with two attached hydrogens (primary N) is 1. The summed E-state index contributed by atoms with van der Waals surface area (Å²) in [7, 11) is 0. The molecule has 5 heteroatoms. The summed E-state index contributed by atoms with van der Waals surface area (Å²) in [5.41, 5.74) is 5.36. The van der Waals surface area contributed by atoms with Crippen LogP contribution < -0.4 is 10.5 Å². The van der Waals surface area contributed by atoms with Gasteiger partial charge in [0.1, 0.15) is 11.5 Å². The highest BCUT2D eigenvalue weighted by molar-refractivity contribution is 5.92. The van der Waals surface area contributed by atoms with Crippen molar-refractivity contribution in [3.63, 3.8) is 0 Å². The van der Waals surface area contributed by atoms with E-state index in [1.807, 2.05) is 30.3 Å². The highest BCUT2D eigenvalue weighted by atomic mass is 16.5. The highest BCUT2D eigenvalue weighted by Crippen LogP contribution is 2.21. The maximum absolute atomic E-state index is 11.8. The lowest BCUT2D eigenvalue weighted by atomic mass is 10.2. The topological polar surface area (TPSA) is 78.6 Å². The molecule has 0 spiro atoms. The molecule has 2 aromatic carbocycles. The molecule has 0 unspecified atom stereocenters. The summed E-state index contributed by atoms with van der Waals surface area (Å²) in [6.45, 7) is 1.42. The number of hydrogen-bond donors (Lipinski definition) is 1. The summed E-state index contributed by atoms with van der Waals surface area (Å²) in [5, 5.41) is 0. The van der Waals surface area contributed by atoms with E-state index in [0.29, 0.717) is 17.1 Å². The Morgan fingerprint density at radius 3 is 2.10 bits per heavy atom. The average molecular weight is 285 g/mol. The van der Waals surface area contributed by atoms with Crippen LogP contribution in [-0.4, -0.2) is 18.0 Å². The molecule has 0 bridgehead atoms. The van der Waals surface area contributed by atoms with E-state index in [1.54, 1.807) is 24.3 Å². The van der Waals surface area contributed by atoms with E-state index >= 15 is 0 Å². The summed E-state index contributed by atoms with van der Waals surface area (Å²) in [5.74, 6) is 0.0100. The minimum Gasteiger partial charge on any atom is -0.457 e. The van der Waals surface area contributed by atoms with Gasteiger partial charge < -0.3 is 15.2 Å². The Bertz CT molecular complexity index is 622. The zero-order chi connectivity index (χ0) is 15.2. The van der Waals surface area contributed by atoms with Crippen molar-refractivity contribution in [2.24, 2.45) is 5.73 Å². The molecule has 0 aliphatic rings. The Hall–Kier alpha value is -2.82. The standard InChI is InChI=1S/C16H15NO4/c1-11(15(17)18)20-16(19)12-7-9-14(10-8-12)21-13-5-3-2-4-6-13/h2-11H,1H3,(H2,17,18)/t11-/m1/s1. The van der Waals surface area contributed by atoms with Crippen molar-refractivity contribution in [2.75, 3.05) is 0 Å². The van der Waals surface area contributed by atoms with Gasteiger partial charge in [-0.1, -0.05) is 18.2 Å². The molecule has 0 aliphatic carbocycles. The Morgan fingerprint density at radius 2 is 1.52 bits per heavy atom. The van der Waals surface area contributed by atoms with Crippen LogP contribution in [0.4, 0.5) is 0 Å². The van der Waals surface area contributed by atoms with Gasteiger partial charge in [-0.2, -0.15) is 0 Å². The number of amides is 1. The van der Waals surface area contributed by atoms with Crippen LogP contribution in [0.1, 0.15) is 17.3 Å². The molecule has 0 radical (unpaired) electrons. The van der Waals surface area contributed by atoms with Gasteiger partial charge in [0.15, 0.2) is 6.10 Å². The zero-order valence-corrected chi connectivity index (χ0v) is 11.5. The first kappa shape index (κ1) is 14.6. The fraction of sp³-hybridized carbons (Fsp3) is 0.125. The van der Waals surface area contributed by atoms with Crippen LogP contribution in [0.3, 0.4) is 0 Å². The number of esters is 1. The Morgan fingerprint density at radius 1 is 0.952 bits per heavy atom. The summed E-state index contributed by atoms with van der Waals surface area (Å²) >= 11 is 0. The second kappa shape index (κ2) is 6.56. The molecular weight excluding hydrogens is 270 g/mol. The largest absolute Gasteiger partial charge is 0.457 e. The molecule has 0 aromatic heterocycles. The summed E-state index contributed by atoms with van der Waals surface area (Å²) in [6.07, 6.45) is -0.960. The number of ether oxygens (including phenoxy) is 2. The van der Waals surface area contributed by atoms with Gasteiger partial charge in [-0.3, -0.25) is 4.79 Å². The van der Waals surface area contributed by atoms with Crippen LogP contribution in [0.25, 0.3) is 0 Å². The molecule has 0 saturated heterocycles. The Balaban J connectivity index is 2.02. The molecule has 21 heavy (non-hydrogen) atoms. The van der Waals surface area contributed by atoms with E-state index in [9.17, 15) is 9.59 Å². The fourth-order valence-electron chi connectivity index (χ4n) is 1.57. The molecule has 0 aliphatic heterocycles. The van der Waals surface area contributed by atoms with Crippen LogP contribution >= 0.6 is 0 Å². The maximum atomic E-state index is 11.8. The second-order valence-corrected chi connectivity index (χ2v) is 4.39. The van der Waals surface area contributed by atoms with E-state index in [4.69, 9.17) is 15.2 Å². The van der Waals surface area contributed by atoms with Crippen molar-refractivity contribution in [3.05, 3.63) is 60.2 Å². The SMILES string of the molecule is C[C@@H](OC(=O)c1ccc(Oc2ccccc2)cc1)C(N)=O. The third-order valence-electron chi connectivity index (χ3n) is 2.75. The van der Waals surface area contributed by atoms with Crippen molar-refractivity contribution in [1.29, 1.82) is 0 Å². The van der Waals surface area contributed by atoms with Gasteiger partial charge in [-0.15, -0.1) is 0 Å². The number of rotatable bonds is 5. The maximum Gasteiger partial charge on any atom is 0.338 e. The van der Waals surface area contributed by atoms with E-state index < -0.39 is 18.0 Å². The normalized spacial score (nSPS) is 11.5. The molecule has 5 nitrogen and oxygen atoms in total. The summed E-state index contributed by atoms with van der Waals surface area (Å²) in [6, 6.07) is 15.7. The van der Waals surface area contributed by atoms with Gasteiger partial charge in [0.25, 0.3) is 5.91 Å². The molecule has 0 fully saturated rings. The molecule has 0 saturated carbocycles. The molecular formula is C16H15NO4.